The van der Waals surface area contributed by atoms with E-state index >= 15 is 0 Å². The maximum Gasteiger partial charge on any atom is 0.573 e. The number of carboxylic acid groups (broad SMARTS) is 1. The van der Waals surface area contributed by atoms with Crippen molar-refractivity contribution in [2.75, 3.05) is 6.61 Å². The van der Waals surface area contributed by atoms with E-state index in [1.165, 1.54) is 12.1 Å². The fourth-order valence-electron chi connectivity index (χ4n) is 2.97. The van der Waals surface area contributed by atoms with E-state index in [0.717, 1.165) is 24.3 Å². The maximum absolute atomic E-state index is 14.3. The molecular formula is C21H14BrF5N2O6. The van der Waals surface area contributed by atoms with Crippen molar-refractivity contribution in [1.82, 2.24) is 4.98 Å². The van der Waals surface area contributed by atoms with Crippen LogP contribution in [0, 0.1) is 11.6 Å². The largest absolute Gasteiger partial charge is 0.573 e. The summed E-state index contributed by atoms with van der Waals surface area (Å²) in [5.41, 5.74) is 4.36. The first kappa shape index (κ1) is 25.9. The highest BCUT2D eigenvalue weighted by Gasteiger charge is 2.31. The zero-order chi connectivity index (χ0) is 25.9. The predicted molar refractivity (Wildman–Crippen MR) is 112 cm³/mol. The van der Waals surface area contributed by atoms with Crippen LogP contribution < -0.4 is 15.2 Å². The van der Waals surface area contributed by atoms with Crippen LogP contribution in [0.3, 0.4) is 0 Å². The smallest absolute Gasteiger partial charge is 0.490 e. The standard InChI is InChI=1S/C21H14BrF5N2O6/c22-17-16(9-1-3-10(4-2-9)35-21(25,26)27)29-19(34-17)11(20(31)32)7-8-33-13-6-5-12(23)14(15(13)24)18(28)30/h1-6,11H,7-8H2,(H2,28,30)(H,31,32). The van der Waals surface area contributed by atoms with Crippen molar-refractivity contribution in [2.45, 2.75) is 18.7 Å². The Morgan fingerprint density at radius 3 is 2.37 bits per heavy atom. The number of amides is 1. The van der Waals surface area contributed by atoms with E-state index in [1.807, 2.05) is 0 Å². The zero-order valence-corrected chi connectivity index (χ0v) is 18.8. The number of benzene rings is 2. The molecule has 2 aromatic carbocycles. The molecule has 0 aliphatic carbocycles. The number of nitrogens with two attached hydrogens (primary N) is 1. The number of aliphatic carboxylic acids is 1. The summed E-state index contributed by atoms with van der Waals surface area (Å²) in [5.74, 6) is -7.83. The van der Waals surface area contributed by atoms with Gasteiger partial charge >= 0.3 is 12.3 Å². The van der Waals surface area contributed by atoms with Crippen molar-refractivity contribution in [3.05, 3.63) is 64.2 Å². The van der Waals surface area contributed by atoms with Crippen LogP contribution in [-0.4, -0.2) is 34.9 Å². The third-order valence-corrected chi connectivity index (χ3v) is 5.06. The second-order valence-corrected chi connectivity index (χ2v) is 7.59. The van der Waals surface area contributed by atoms with Gasteiger partial charge in [-0.25, -0.2) is 13.8 Å². The Morgan fingerprint density at radius 2 is 1.80 bits per heavy atom. The van der Waals surface area contributed by atoms with Gasteiger partial charge in [0, 0.05) is 12.0 Å². The van der Waals surface area contributed by atoms with Crippen LogP contribution in [0.5, 0.6) is 11.5 Å². The van der Waals surface area contributed by atoms with Gasteiger partial charge in [0.1, 0.15) is 28.7 Å². The number of rotatable bonds is 9. The molecule has 3 aromatic rings. The minimum atomic E-state index is -4.86. The van der Waals surface area contributed by atoms with E-state index in [-0.39, 0.29) is 22.7 Å². The van der Waals surface area contributed by atoms with E-state index in [4.69, 9.17) is 14.9 Å². The lowest BCUT2D eigenvalue weighted by molar-refractivity contribution is -0.274. The van der Waals surface area contributed by atoms with E-state index in [1.54, 1.807) is 0 Å². The van der Waals surface area contributed by atoms with Gasteiger partial charge in [-0.05, 0) is 52.3 Å². The molecule has 3 N–H and O–H groups in total. The fraction of sp³-hybridized carbons (Fsp3) is 0.190. The van der Waals surface area contributed by atoms with Gasteiger partial charge in [0.15, 0.2) is 16.2 Å². The number of halogens is 6. The summed E-state index contributed by atoms with van der Waals surface area (Å²) in [6, 6.07) is 6.31. The molecule has 0 radical (unpaired) electrons. The molecule has 1 atom stereocenters. The van der Waals surface area contributed by atoms with Crippen molar-refractivity contribution in [3.63, 3.8) is 0 Å². The summed E-state index contributed by atoms with van der Waals surface area (Å²) in [6.07, 6.45) is -5.14. The third kappa shape index (κ3) is 6.26. The molecular weight excluding hydrogens is 551 g/mol. The Morgan fingerprint density at radius 1 is 1.14 bits per heavy atom. The van der Waals surface area contributed by atoms with Crippen LogP contribution >= 0.6 is 15.9 Å². The second-order valence-electron chi connectivity index (χ2n) is 6.87. The molecule has 8 nitrogen and oxygen atoms in total. The molecule has 1 aromatic heterocycles. The van der Waals surface area contributed by atoms with Gasteiger partial charge in [0.25, 0.3) is 5.91 Å². The summed E-state index contributed by atoms with van der Waals surface area (Å²) in [7, 11) is 0. The van der Waals surface area contributed by atoms with Crippen LogP contribution in [0.15, 0.2) is 45.5 Å². The monoisotopic (exact) mass is 564 g/mol. The third-order valence-electron chi connectivity index (χ3n) is 4.53. The molecule has 0 aliphatic rings. The minimum absolute atomic E-state index is 0.0137. The number of carbonyl (C=O) groups is 2. The van der Waals surface area contributed by atoms with Gasteiger partial charge < -0.3 is 24.7 Å². The number of alkyl halides is 3. The Kier molecular flexibility index (Phi) is 7.63. The molecule has 1 amide bonds. The first-order valence-electron chi connectivity index (χ1n) is 9.53. The maximum atomic E-state index is 14.3. The van der Waals surface area contributed by atoms with Gasteiger partial charge in [0.05, 0.1) is 6.61 Å². The molecule has 14 heteroatoms. The molecule has 3 rings (SSSR count). The molecule has 1 heterocycles. The summed E-state index contributed by atoms with van der Waals surface area (Å²) in [5, 5.41) is 9.57. The molecule has 0 fully saturated rings. The van der Waals surface area contributed by atoms with Crippen LogP contribution in [0.4, 0.5) is 22.0 Å². The Hall–Kier alpha value is -3.68. The number of oxazole rings is 1. The predicted octanol–water partition coefficient (Wildman–Crippen LogP) is 5.02. The Labute approximate surface area is 201 Å². The van der Waals surface area contributed by atoms with Crippen molar-refractivity contribution in [1.29, 1.82) is 0 Å². The lowest BCUT2D eigenvalue weighted by atomic mass is 10.1. The minimum Gasteiger partial charge on any atom is -0.490 e. The number of hydrogen-bond donors (Lipinski definition) is 2. The normalized spacial score (nSPS) is 12.3. The molecule has 0 aliphatic heterocycles. The molecule has 0 saturated heterocycles. The summed E-state index contributed by atoms with van der Waals surface area (Å²) < 4.78 is 79.1. The van der Waals surface area contributed by atoms with Crippen molar-refractivity contribution in [2.24, 2.45) is 5.73 Å². The first-order valence-corrected chi connectivity index (χ1v) is 10.3. The molecule has 1 unspecified atom stereocenters. The van der Waals surface area contributed by atoms with Gasteiger partial charge in [-0.2, -0.15) is 0 Å². The summed E-state index contributed by atoms with van der Waals surface area (Å²) in [6.45, 7) is -0.392. The van der Waals surface area contributed by atoms with Gasteiger partial charge in [0.2, 0.25) is 5.89 Å². The number of aromatic nitrogens is 1. The number of hydrogen-bond acceptors (Lipinski definition) is 6. The number of nitrogens with zero attached hydrogens (tertiary/aromatic N) is 1. The number of carboxylic acids is 1. The molecule has 0 spiro atoms. The SMILES string of the molecule is NC(=O)c1c(F)ccc(OCCC(C(=O)O)c2nc(-c3ccc(OC(F)(F)F)cc3)c(Br)o2)c1F. The fourth-order valence-corrected chi connectivity index (χ4v) is 3.45. The van der Waals surface area contributed by atoms with E-state index in [2.05, 4.69) is 25.7 Å². The Bertz CT molecular complexity index is 1250. The van der Waals surface area contributed by atoms with Crippen LogP contribution in [0.2, 0.25) is 0 Å². The highest BCUT2D eigenvalue weighted by atomic mass is 79.9. The average Bonchev–Trinajstić information content (AvgIpc) is 3.12. The van der Waals surface area contributed by atoms with Crippen LogP contribution in [0.1, 0.15) is 28.6 Å². The van der Waals surface area contributed by atoms with Crippen molar-refractivity contribution >= 4 is 27.8 Å². The number of carbonyl (C=O) groups excluding carboxylic acids is 1. The lowest BCUT2D eigenvalue weighted by Crippen LogP contribution is -2.18. The molecule has 0 bridgehead atoms. The quantitative estimate of drug-likeness (QED) is 0.350. The molecule has 35 heavy (non-hydrogen) atoms. The van der Waals surface area contributed by atoms with E-state index in [0.29, 0.717) is 5.56 Å². The van der Waals surface area contributed by atoms with Crippen molar-refractivity contribution in [3.8, 4) is 22.8 Å². The van der Waals surface area contributed by atoms with E-state index < -0.39 is 59.5 Å². The summed E-state index contributed by atoms with van der Waals surface area (Å²) >= 11 is 3.09. The lowest BCUT2D eigenvalue weighted by Gasteiger charge is -2.12. The van der Waals surface area contributed by atoms with Gasteiger partial charge in [-0.15, -0.1) is 13.2 Å². The van der Waals surface area contributed by atoms with Gasteiger partial charge in [-0.1, -0.05) is 0 Å². The summed E-state index contributed by atoms with van der Waals surface area (Å²) in [4.78, 5) is 27.1. The van der Waals surface area contributed by atoms with E-state index in [9.17, 15) is 36.6 Å². The molecule has 0 saturated carbocycles. The van der Waals surface area contributed by atoms with Crippen LogP contribution in [0.25, 0.3) is 11.3 Å². The number of ether oxygens (including phenoxy) is 2. The average molecular weight is 565 g/mol. The Balaban J connectivity index is 1.75. The topological polar surface area (TPSA) is 125 Å². The second kappa shape index (κ2) is 10.3. The van der Waals surface area contributed by atoms with Crippen LogP contribution in [-0.2, 0) is 4.79 Å². The highest BCUT2D eigenvalue weighted by Crippen LogP contribution is 2.34. The van der Waals surface area contributed by atoms with Crippen molar-refractivity contribution < 1.29 is 50.5 Å². The van der Waals surface area contributed by atoms with Gasteiger partial charge in [-0.3, -0.25) is 9.59 Å². The first-order chi connectivity index (χ1) is 16.4. The number of primary amides is 1. The molecule has 186 valence electrons. The highest BCUT2D eigenvalue weighted by molar-refractivity contribution is 9.10. The zero-order valence-electron chi connectivity index (χ0n) is 17.2.